The van der Waals surface area contributed by atoms with Crippen LogP contribution in [0.1, 0.15) is 39.3 Å². The van der Waals surface area contributed by atoms with Crippen molar-refractivity contribution < 1.29 is 4.92 Å². The maximum atomic E-state index is 11.3. The van der Waals surface area contributed by atoms with Gasteiger partial charge in [0.05, 0.1) is 4.92 Å². The van der Waals surface area contributed by atoms with Gasteiger partial charge in [-0.15, -0.1) is 0 Å². The van der Waals surface area contributed by atoms with Crippen molar-refractivity contribution in [3.05, 3.63) is 15.8 Å². The highest BCUT2D eigenvalue weighted by Gasteiger charge is 2.26. The van der Waals surface area contributed by atoms with Crippen molar-refractivity contribution in [1.82, 2.24) is 9.97 Å². The molecule has 0 aromatic carbocycles. The number of hydrogen-bond acceptors (Lipinski definition) is 6. The maximum absolute atomic E-state index is 11.3. The van der Waals surface area contributed by atoms with Crippen LogP contribution in [0.25, 0.3) is 0 Å². The van der Waals surface area contributed by atoms with E-state index in [1.165, 1.54) is 0 Å². The summed E-state index contributed by atoms with van der Waals surface area (Å²) in [5.41, 5.74) is 5.90. The number of aryl methyl sites for hydroxylation is 1. The molecule has 0 unspecified atom stereocenters. The molecule has 0 bridgehead atoms. The van der Waals surface area contributed by atoms with Gasteiger partial charge in [0.25, 0.3) is 0 Å². The molecule has 20 heavy (non-hydrogen) atoms. The van der Waals surface area contributed by atoms with Gasteiger partial charge in [0.2, 0.25) is 11.8 Å². The number of rotatable bonds is 7. The Balaban J connectivity index is 3.23. The van der Waals surface area contributed by atoms with Crippen LogP contribution in [-0.4, -0.2) is 28.0 Å². The minimum Gasteiger partial charge on any atom is -0.368 e. The molecule has 1 rings (SSSR count). The molecule has 0 saturated heterocycles. The lowest BCUT2D eigenvalue weighted by Crippen LogP contribution is -2.31. The molecular formula is C13H23N5O2. The number of nitrogen functional groups attached to an aromatic ring is 1. The van der Waals surface area contributed by atoms with Crippen molar-refractivity contribution in [3.63, 3.8) is 0 Å². The number of hydrogen-bond donors (Lipinski definition) is 1. The van der Waals surface area contributed by atoms with Crippen LogP contribution in [0.5, 0.6) is 0 Å². The second-order valence-electron chi connectivity index (χ2n) is 4.82. The van der Waals surface area contributed by atoms with Gasteiger partial charge >= 0.3 is 5.69 Å². The van der Waals surface area contributed by atoms with Crippen LogP contribution in [0, 0.1) is 23.0 Å². The zero-order valence-corrected chi connectivity index (χ0v) is 12.6. The minimum absolute atomic E-state index is 0.0491. The molecule has 7 heteroatoms. The van der Waals surface area contributed by atoms with Crippen molar-refractivity contribution >= 4 is 17.5 Å². The third kappa shape index (κ3) is 3.55. The van der Waals surface area contributed by atoms with Crippen LogP contribution in [0.2, 0.25) is 0 Å². The van der Waals surface area contributed by atoms with E-state index in [2.05, 4.69) is 23.8 Å². The van der Waals surface area contributed by atoms with Crippen molar-refractivity contribution in [1.29, 1.82) is 0 Å². The number of nitrogens with zero attached hydrogens (tertiary/aromatic N) is 4. The van der Waals surface area contributed by atoms with E-state index in [0.29, 0.717) is 24.0 Å². The summed E-state index contributed by atoms with van der Waals surface area (Å²) in [4.78, 5) is 20.7. The molecule has 1 aromatic rings. The van der Waals surface area contributed by atoms with Gasteiger partial charge in [0.1, 0.15) is 5.69 Å². The fraction of sp³-hybridized carbons (Fsp3) is 0.692. The first-order valence-electron chi connectivity index (χ1n) is 6.97. The van der Waals surface area contributed by atoms with Gasteiger partial charge in [0.15, 0.2) is 0 Å². The van der Waals surface area contributed by atoms with E-state index in [4.69, 9.17) is 5.73 Å². The molecule has 0 radical (unpaired) electrons. The summed E-state index contributed by atoms with van der Waals surface area (Å²) < 4.78 is 0. The third-order valence-corrected chi connectivity index (χ3v) is 3.55. The Bertz CT molecular complexity index is 474. The largest absolute Gasteiger partial charge is 0.368 e. The molecule has 0 fully saturated rings. The van der Waals surface area contributed by atoms with Crippen LogP contribution in [-0.2, 0) is 0 Å². The van der Waals surface area contributed by atoms with E-state index < -0.39 is 4.92 Å². The van der Waals surface area contributed by atoms with E-state index in [1.807, 2.05) is 11.8 Å². The quantitative estimate of drug-likeness (QED) is 0.609. The lowest BCUT2D eigenvalue weighted by atomic mass is 10.0. The fourth-order valence-electron chi connectivity index (χ4n) is 2.23. The van der Waals surface area contributed by atoms with Crippen molar-refractivity contribution in [3.8, 4) is 0 Å². The highest BCUT2D eigenvalue weighted by atomic mass is 16.6. The van der Waals surface area contributed by atoms with Gasteiger partial charge in [-0.2, -0.15) is 4.98 Å². The standard InChI is InChI=1S/C13H23N5O2/c1-5-10(6-2)8-17(7-3)12-11(18(19)20)9(4)15-13(14)16-12/h10H,5-8H2,1-4H3,(H2,14,15,16). The van der Waals surface area contributed by atoms with E-state index in [-0.39, 0.29) is 11.6 Å². The average molecular weight is 281 g/mol. The summed E-state index contributed by atoms with van der Waals surface area (Å²) in [6.07, 6.45) is 2.06. The maximum Gasteiger partial charge on any atom is 0.332 e. The first-order valence-corrected chi connectivity index (χ1v) is 6.97. The Labute approximate surface area is 119 Å². The fourth-order valence-corrected chi connectivity index (χ4v) is 2.23. The van der Waals surface area contributed by atoms with Crippen molar-refractivity contribution in [2.45, 2.75) is 40.5 Å². The molecule has 0 aliphatic heterocycles. The molecule has 0 atom stereocenters. The SMILES string of the molecule is CCC(CC)CN(CC)c1nc(N)nc(C)c1[N+](=O)[O-]. The Hall–Kier alpha value is -1.92. The first-order chi connectivity index (χ1) is 9.44. The molecule has 0 amide bonds. The topological polar surface area (TPSA) is 98.2 Å². The Morgan fingerprint density at radius 2 is 1.90 bits per heavy atom. The summed E-state index contributed by atoms with van der Waals surface area (Å²) in [5, 5.41) is 11.3. The minimum atomic E-state index is -0.431. The normalized spacial score (nSPS) is 10.8. The highest BCUT2D eigenvalue weighted by Crippen LogP contribution is 2.30. The Morgan fingerprint density at radius 1 is 1.30 bits per heavy atom. The molecule has 0 aliphatic carbocycles. The van der Waals surface area contributed by atoms with Gasteiger partial charge in [-0.1, -0.05) is 26.7 Å². The Morgan fingerprint density at radius 3 is 2.35 bits per heavy atom. The van der Waals surface area contributed by atoms with Crippen LogP contribution in [0.15, 0.2) is 0 Å². The number of nitro groups is 1. The zero-order chi connectivity index (χ0) is 15.3. The van der Waals surface area contributed by atoms with Crippen LogP contribution in [0.3, 0.4) is 0 Å². The van der Waals surface area contributed by atoms with Gasteiger partial charge in [-0.25, -0.2) is 4.98 Å². The predicted molar refractivity (Wildman–Crippen MR) is 79.8 cm³/mol. The summed E-state index contributed by atoms with van der Waals surface area (Å²) in [5.74, 6) is 0.881. The molecule has 0 aliphatic rings. The second-order valence-corrected chi connectivity index (χ2v) is 4.82. The van der Waals surface area contributed by atoms with Crippen LogP contribution in [0.4, 0.5) is 17.5 Å². The predicted octanol–water partition coefficient (Wildman–Crippen LogP) is 2.54. The molecule has 1 heterocycles. The highest BCUT2D eigenvalue weighted by molar-refractivity contribution is 5.61. The van der Waals surface area contributed by atoms with Gasteiger partial charge in [-0.05, 0) is 19.8 Å². The van der Waals surface area contributed by atoms with Gasteiger partial charge in [-0.3, -0.25) is 10.1 Å². The molecule has 7 nitrogen and oxygen atoms in total. The molecule has 2 N–H and O–H groups in total. The molecule has 0 spiro atoms. The number of aromatic nitrogens is 2. The van der Waals surface area contributed by atoms with E-state index >= 15 is 0 Å². The summed E-state index contributed by atoms with van der Waals surface area (Å²) >= 11 is 0. The lowest BCUT2D eigenvalue weighted by molar-refractivity contribution is -0.385. The van der Waals surface area contributed by atoms with Gasteiger partial charge in [0, 0.05) is 13.1 Å². The molecular weight excluding hydrogens is 258 g/mol. The summed E-state index contributed by atoms with van der Waals surface area (Å²) in [7, 11) is 0. The summed E-state index contributed by atoms with van der Waals surface area (Å²) in [6.45, 7) is 9.17. The lowest BCUT2D eigenvalue weighted by Gasteiger charge is -2.26. The van der Waals surface area contributed by atoms with Crippen molar-refractivity contribution in [2.24, 2.45) is 5.92 Å². The van der Waals surface area contributed by atoms with E-state index in [1.54, 1.807) is 6.92 Å². The Kier molecular flexibility index (Phi) is 5.66. The average Bonchev–Trinajstić information content (AvgIpc) is 2.38. The van der Waals surface area contributed by atoms with E-state index in [0.717, 1.165) is 19.4 Å². The first kappa shape index (κ1) is 16.1. The van der Waals surface area contributed by atoms with Crippen molar-refractivity contribution in [2.75, 3.05) is 23.7 Å². The molecule has 1 aromatic heterocycles. The van der Waals surface area contributed by atoms with Gasteiger partial charge < -0.3 is 10.6 Å². The van der Waals surface area contributed by atoms with E-state index in [9.17, 15) is 10.1 Å². The molecule has 0 saturated carbocycles. The summed E-state index contributed by atoms with van der Waals surface area (Å²) in [6, 6.07) is 0. The van der Waals surface area contributed by atoms with Crippen LogP contribution >= 0.6 is 0 Å². The molecule has 112 valence electrons. The van der Waals surface area contributed by atoms with Crippen LogP contribution < -0.4 is 10.6 Å². The second kappa shape index (κ2) is 7.02. The smallest absolute Gasteiger partial charge is 0.332 e. The monoisotopic (exact) mass is 281 g/mol. The number of nitrogens with two attached hydrogens (primary N) is 1. The zero-order valence-electron chi connectivity index (χ0n) is 12.6. The third-order valence-electron chi connectivity index (χ3n) is 3.55. The number of anilines is 2.